The molecule has 2 rings (SSSR count). The zero-order valence-electron chi connectivity index (χ0n) is 6.40. The van der Waals surface area contributed by atoms with Crippen LogP contribution in [0.5, 0.6) is 0 Å². The lowest BCUT2D eigenvalue weighted by Crippen LogP contribution is -1.94. The van der Waals surface area contributed by atoms with Gasteiger partial charge in [0.05, 0.1) is 0 Å². The quantitative estimate of drug-likeness (QED) is 0.680. The van der Waals surface area contributed by atoms with E-state index in [-0.39, 0.29) is 0 Å². The van der Waals surface area contributed by atoms with Crippen molar-refractivity contribution in [2.75, 3.05) is 11.5 Å². The maximum Gasteiger partial charge on any atom is 0.180 e. The third-order valence-corrected chi connectivity index (χ3v) is 4.01. The first kappa shape index (κ1) is 8.19. The summed E-state index contributed by atoms with van der Waals surface area (Å²) in [7, 11) is 0. The van der Waals surface area contributed by atoms with Crippen LogP contribution in [0.2, 0.25) is 0 Å². The number of hydrogen-bond donors (Lipinski definition) is 0. The maximum absolute atomic E-state index is 10.3. The summed E-state index contributed by atoms with van der Waals surface area (Å²) in [5.74, 6) is 2.88. The van der Waals surface area contributed by atoms with Crippen LogP contribution in [0.1, 0.15) is 27.1 Å². The number of nitrogens with zero attached hydrogens (tertiary/aromatic N) is 2. The third kappa shape index (κ3) is 1.51. The van der Waals surface area contributed by atoms with Crippen molar-refractivity contribution in [2.45, 2.75) is 12.3 Å². The van der Waals surface area contributed by atoms with E-state index in [0.29, 0.717) is 10.9 Å². The standard InChI is InChI=1S/C7H8N2OS2/c10-3-6-8-9-7(12-6)5-1-2-11-4-5/h3,5H,1-2,4H2. The van der Waals surface area contributed by atoms with Crippen LogP contribution in [0, 0.1) is 0 Å². The molecule has 0 amide bonds. The molecule has 1 aliphatic rings. The highest BCUT2D eigenvalue weighted by molar-refractivity contribution is 7.99. The summed E-state index contributed by atoms with van der Waals surface area (Å²) in [5, 5.41) is 9.29. The Labute approximate surface area is 78.6 Å². The zero-order valence-corrected chi connectivity index (χ0v) is 8.03. The van der Waals surface area contributed by atoms with Crippen molar-refractivity contribution in [3.8, 4) is 0 Å². The average Bonchev–Trinajstić information content (AvgIpc) is 2.75. The third-order valence-electron chi connectivity index (χ3n) is 1.84. The van der Waals surface area contributed by atoms with Gasteiger partial charge in [-0.2, -0.15) is 11.8 Å². The van der Waals surface area contributed by atoms with Crippen molar-refractivity contribution < 1.29 is 4.79 Å². The number of carbonyl (C=O) groups is 1. The molecule has 5 heteroatoms. The van der Waals surface area contributed by atoms with E-state index in [4.69, 9.17) is 0 Å². The van der Waals surface area contributed by atoms with Gasteiger partial charge in [-0.05, 0) is 12.2 Å². The van der Waals surface area contributed by atoms with E-state index >= 15 is 0 Å². The molecule has 1 aromatic heterocycles. The lowest BCUT2D eigenvalue weighted by Gasteiger charge is -1.99. The second-order valence-corrected chi connectivity index (χ2v) is 4.85. The highest BCUT2D eigenvalue weighted by atomic mass is 32.2. The molecular weight excluding hydrogens is 192 g/mol. The molecule has 1 fully saturated rings. The fourth-order valence-corrected chi connectivity index (χ4v) is 3.31. The summed E-state index contributed by atoms with van der Waals surface area (Å²) in [5.41, 5.74) is 0. The lowest BCUT2D eigenvalue weighted by molar-refractivity contribution is 0.112. The van der Waals surface area contributed by atoms with E-state index in [1.54, 1.807) is 0 Å². The van der Waals surface area contributed by atoms with Crippen molar-refractivity contribution in [1.29, 1.82) is 0 Å². The Morgan fingerprint density at radius 1 is 1.50 bits per heavy atom. The van der Waals surface area contributed by atoms with Crippen LogP contribution in [0.3, 0.4) is 0 Å². The predicted molar refractivity (Wildman–Crippen MR) is 50.0 cm³/mol. The lowest BCUT2D eigenvalue weighted by atomic mass is 10.1. The van der Waals surface area contributed by atoms with Gasteiger partial charge in [-0.1, -0.05) is 11.3 Å². The first-order chi connectivity index (χ1) is 5.90. The topological polar surface area (TPSA) is 42.9 Å². The summed E-state index contributed by atoms with van der Waals surface area (Å²) in [6.07, 6.45) is 1.95. The average molecular weight is 200 g/mol. The van der Waals surface area contributed by atoms with Crippen molar-refractivity contribution >= 4 is 29.4 Å². The van der Waals surface area contributed by atoms with Crippen molar-refractivity contribution in [3.05, 3.63) is 10.0 Å². The SMILES string of the molecule is O=Cc1nnc(C2CCSC2)s1. The minimum atomic E-state index is 0.502. The highest BCUT2D eigenvalue weighted by Crippen LogP contribution is 2.33. The summed E-state index contributed by atoms with van der Waals surface area (Å²) in [6, 6.07) is 0. The molecule has 1 unspecified atom stereocenters. The number of hydrogen-bond acceptors (Lipinski definition) is 5. The first-order valence-electron chi connectivity index (χ1n) is 3.76. The Balaban J connectivity index is 2.16. The second-order valence-electron chi connectivity index (χ2n) is 2.66. The van der Waals surface area contributed by atoms with Crippen molar-refractivity contribution in [1.82, 2.24) is 10.2 Å². The van der Waals surface area contributed by atoms with E-state index in [1.807, 2.05) is 11.8 Å². The van der Waals surface area contributed by atoms with E-state index in [1.165, 1.54) is 23.5 Å². The number of carbonyl (C=O) groups excluding carboxylic acids is 1. The van der Waals surface area contributed by atoms with Crippen LogP contribution in [0.25, 0.3) is 0 Å². The van der Waals surface area contributed by atoms with E-state index in [0.717, 1.165) is 17.0 Å². The van der Waals surface area contributed by atoms with Crippen LogP contribution < -0.4 is 0 Å². The molecule has 0 bridgehead atoms. The Bertz CT molecular complexity index is 281. The summed E-state index contributed by atoms with van der Waals surface area (Å²) < 4.78 is 0. The van der Waals surface area contributed by atoms with Gasteiger partial charge >= 0.3 is 0 Å². The normalized spacial score (nSPS) is 22.8. The molecule has 1 aliphatic heterocycles. The van der Waals surface area contributed by atoms with Gasteiger partial charge in [0, 0.05) is 11.7 Å². The van der Waals surface area contributed by atoms with Crippen LogP contribution >= 0.6 is 23.1 Å². The Morgan fingerprint density at radius 2 is 2.42 bits per heavy atom. The Kier molecular flexibility index (Phi) is 2.41. The number of thioether (sulfide) groups is 1. The van der Waals surface area contributed by atoms with Crippen LogP contribution in [-0.4, -0.2) is 28.0 Å². The zero-order chi connectivity index (χ0) is 8.39. The fraction of sp³-hybridized carbons (Fsp3) is 0.571. The molecule has 0 N–H and O–H groups in total. The number of aromatic nitrogens is 2. The molecule has 1 saturated heterocycles. The van der Waals surface area contributed by atoms with Gasteiger partial charge in [0.15, 0.2) is 11.3 Å². The molecule has 1 atom stereocenters. The minimum absolute atomic E-state index is 0.502. The van der Waals surface area contributed by atoms with Crippen molar-refractivity contribution in [3.63, 3.8) is 0 Å². The van der Waals surface area contributed by atoms with Gasteiger partial charge in [-0.15, -0.1) is 10.2 Å². The van der Waals surface area contributed by atoms with Gasteiger partial charge in [0.25, 0.3) is 0 Å². The minimum Gasteiger partial charge on any atom is -0.295 e. The molecule has 0 spiro atoms. The molecule has 2 heterocycles. The van der Waals surface area contributed by atoms with Crippen LogP contribution in [0.4, 0.5) is 0 Å². The van der Waals surface area contributed by atoms with Crippen LogP contribution in [0.15, 0.2) is 0 Å². The number of rotatable bonds is 2. The van der Waals surface area contributed by atoms with E-state index in [9.17, 15) is 4.79 Å². The summed E-state index contributed by atoms with van der Waals surface area (Å²) in [6.45, 7) is 0. The van der Waals surface area contributed by atoms with Gasteiger partial charge in [-0.25, -0.2) is 0 Å². The first-order valence-corrected chi connectivity index (χ1v) is 5.73. The van der Waals surface area contributed by atoms with Gasteiger partial charge in [0.2, 0.25) is 0 Å². The molecule has 12 heavy (non-hydrogen) atoms. The largest absolute Gasteiger partial charge is 0.295 e. The number of aldehydes is 1. The molecular formula is C7H8N2OS2. The molecule has 0 radical (unpaired) electrons. The smallest absolute Gasteiger partial charge is 0.180 e. The second kappa shape index (κ2) is 3.53. The van der Waals surface area contributed by atoms with Gasteiger partial charge in [0.1, 0.15) is 5.01 Å². The fourth-order valence-electron chi connectivity index (χ4n) is 1.19. The molecule has 0 saturated carbocycles. The van der Waals surface area contributed by atoms with Gasteiger partial charge in [-0.3, -0.25) is 4.79 Å². The molecule has 0 aliphatic carbocycles. The Hall–Kier alpha value is -0.420. The molecule has 3 nitrogen and oxygen atoms in total. The highest BCUT2D eigenvalue weighted by Gasteiger charge is 2.21. The maximum atomic E-state index is 10.3. The van der Waals surface area contributed by atoms with Crippen LogP contribution in [-0.2, 0) is 0 Å². The summed E-state index contributed by atoms with van der Waals surface area (Å²) in [4.78, 5) is 10.3. The van der Waals surface area contributed by atoms with Crippen molar-refractivity contribution in [2.24, 2.45) is 0 Å². The monoisotopic (exact) mass is 200 g/mol. The summed E-state index contributed by atoms with van der Waals surface area (Å²) >= 11 is 3.37. The molecule has 0 aromatic carbocycles. The van der Waals surface area contributed by atoms with Gasteiger partial charge < -0.3 is 0 Å². The molecule has 64 valence electrons. The Morgan fingerprint density at radius 3 is 3.00 bits per heavy atom. The van der Waals surface area contributed by atoms with E-state index < -0.39 is 0 Å². The molecule has 1 aromatic rings. The predicted octanol–water partition coefficient (Wildman–Crippen LogP) is 1.57. The van der Waals surface area contributed by atoms with E-state index in [2.05, 4.69) is 10.2 Å².